The van der Waals surface area contributed by atoms with E-state index in [-0.39, 0.29) is 74.8 Å². The third-order valence-corrected chi connectivity index (χ3v) is 0.917. The van der Waals surface area contributed by atoms with Gasteiger partial charge in [-0.3, -0.25) is 4.79 Å². The summed E-state index contributed by atoms with van der Waals surface area (Å²) in [7, 11) is 0. The van der Waals surface area contributed by atoms with Gasteiger partial charge in [0.2, 0.25) is 0 Å². The second-order valence-corrected chi connectivity index (χ2v) is 1.79. The van der Waals surface area contributed by atoms with Gasteiger partial charge in [0.25, 0.3) is 0 Å². The van der Waals surface area contributed by atoms with Gasteiger partial charge in [0.15, 0.2) is 6.10 Å². The largest absolute Gasteiger partial charge is 1.00 e. The Morgan fingerprint density at radius 1 is 1.25 bits per heavy atom. The molecule has 0 spiro atoms. The number of hydrogen-bond donors (Lipinski definition) is 3. The molecule has 0 amide bonds. The first-order chi connectivity index (χ1) is 4.54. The molecule has 1 unspecified atom stereocenters. The van der Waals surface area contributed by atoms with Crippen molar-refractivity contribution in [2.24, 2.45) is 0 Å². The Bertz CT molecular complexity index is 157. The zero-order chi connectivity index (χ0) is 8.15. The van der Waals surface area contributed by atoms with E-state index < -0.39 is 18.0 Å². The van der Waals surface area contributed by atoms with Crippen LogP contribution in [0.5, 0.6) is 0 Å². The van der Waals surface area contributed by atoms with Crippen LogP contribution in [0, 0.1) is 0 Å². The van der Waals surface area contributed by atoms with E-state index in [1.807, 2.05) is 0 Å². The Kier molecular flexibility index (Phi) is 15.5. The molecule has 0 aromatic heterocycles. The summed E-state index contributed by atoms with van der Waals surface area (Å²) in [6.07, 6.45) is -2.13. The topological polar surface area (TPSA) is 94.8 Å². The Hall–Kier alpha value is 0.900. The number of aliphatic carboxylic acids is 2. The number of carboxylic acid groups (broad SMARTS) is 2. The number of rotatable bonds is 4. The number of aliphatic hydroxyl groups excluding tert-OH is 1. The minimum atomic E-state index is -1.56. The van der Waals surface area contributed by atoms with E-state index in [1.54, 1.807) is 0 Å². The minimum absolute atomic E-state index is 0. The van der Waals surface area contributed by atoms with Crippen LogP contribution in [-0.2, 0) is 9.59 Å². The van der Waals surface area contributed by atoms with Crippen LogP contribution in [0.3, 0.4) is 0 Å². The molecule has 5 nitrogen and oxygen atoms in total. The molecule has 0 aromatic rings. The maximum Gasteiger partial charge on any atom is 1.00 e. The van der Waals surface area contributed by atoms with Crippen molar-refractivity contribution in [3.05, 3.63) is 0 Å². The first-order valence-corrected chi connectivity index (χ1v) is 2.66. The molecular formula is C5H10Na2O5. The second-order valence-electron chi connectivity index (χ2n) is 1.79. The van der Waals surface area contributed by atoms with E-state index in [1.165, 1.54) is 0 Å². The number of carbonyl (C=O) groups is 2. The van der Waals surface area contributed by atoms with Crippen molar-refractivity contribution in [3.8, 4) is 0 Å². The van der Waals surface area contributed by atoms with Gasteiger partial charge in [-0.2, -0.15) is 0 Å². The van der Waals surface area contributed by atoms with Crippen molar-refractivity contribution in [1.82, 2.24) is 0 Å². The molecule has 0 radical (unpaired) electrons. The molecule has 1 atom stereocenters. The molecule has 0 saturated carbocycles. The van der Waals surface area contributed by atoms with Gasteiger partial charge in [0.05, 0.1) is 0 Å². The molecule has 0 fully saturated rings. The molecular weight excluding hydrogens is 186 g/mol. The Balaban J connectivity index is -0.0000000675. The molecule has 0 bridgehead atoms. The molecule has 0 aromatic carbocycles. The van der Waals surface area contributed by atoms with Crippen molar-refractivity contribution in [2.45, 2.75) is 18.9 Å². The number of carboxylic acids is 2. The van der Waals surface area contributed by atoms with Crippen LogP contribution >= 0.6 is 0 Å². The summed E-state index contributed by atoms with van der Waals surface area (Å²) in [5.74, 6) is -2.50. The molecule has 0 aliphatic rings. The first kappa shape index (κ1) is 18.6. The molecule has 7 heteroatoms. The summed E-state index contributed by atoms with van der Waals surface area (Å²) in [5.41, 5.74) is 0. The smallest absolute Gasteiger partial charge is 1.00 e. The van der Waals surface area contributed by atoms with E-state index in [2.05, 4.69) is 0 Å². The van der Waals surface area contributed by atoms with Crippen molar-refractivity contribution in [1.29, 1.82) is 0 Å². The van der Waals surface area contributed by atoms with Gasteiger partial charge in [-0.1, -0.05) is 0 Å². The predicted molar refractivity (Wildman–Crippen MR) is 32.7 cm³/mol. The van der Waals surface area contributed by atoms with Gasteiger partial charge in [0, 0.05) is 6.42 Å². The third-order valence-electron chi connectivity index (χ3n) is 0.917. The summed E-state index contributed by atoms with van der Waals surface area (Å²) < 4.78 is 0. The normalized spacial score (nSPS) is 10.4. The van der Waals surface area contributed by atoms with E-state index >= 15 is 0 Å². The summed E-state index contributed by atoms with van der Waals surface area (Å²) >= 11 is 0. The third kappa shape index (κ3) is 10.9. The van der Waals surface area contributed by atoms with E-state index in [0.717, 1.165) is 0 Å². The Morgan fingerprint density at radius 2 is 1.67 bits per heavy atom. The fourth-order valence-electron chi connectivity index (χ4n) is 0.384. The summed E-state index contributed by atoms with van der Waals surface area (Å²) in [6, 6.07) is 0. The standard InChI is InChI=1S/C5H8O5.2Na.2H/c6-3(5(9)10)1-2-4(7)8;;;;/h3,6H,1-2H2,(H,7,8)(H,9,10);;;;/q;2*+1;2*-1. The second kappa shape index (κ2) is 9.98. The molecule has 0 saturated heterocycles. The average Bonchev–Trinajstić information content (AvgIpc) is 1.82. The fourth-order valence-corrected chi connectivity index (χ4v) is 0.384. The minimum Gasteiger partial charge on any atom is -1.00 e. The molecule has 0 heterocycles. The monoisotopic (exact) mass is 196 g/mol. The van der Waals surface area contributed by atoms with Crippen molar-refractivity contribution < 1.29 is 86.9 Å². The number of hydrogen-bond acceptors (Lipinski definition) is 3. The molecule has 62 valence electrons. The van der Waals surface area contributed by atoms with Gasteiger partial charge in [0.1, 0.15) is 0 Å². The van der Waals surface area contributed by atoms with Gasteiger partial charge in [-0.25, -0.2) is 4.79 Å². The molecule has 0 aliphatic heterocycles. The predicted octanol–water partition coefficient (Wildman–Crippen LogP) is -6.47. The first-order valence-electron chi connectivity index (χ1n) is 2.66. The molecule has 12 heavy (non-hydrogen) atoms. The number of aliphatic hydroxyl groups is 1. The zero-order valence-electron chi connectivity index (χ0n) is 9.15. The van der Waals surface area contributed by atoms with E-state index in [9.17, 15) is 9.59 Å². The van der Waals surface area contributed by atoms with Crippen LogP contribution in [0.15, 0.2) is 0 Å². The summed E-state index contributed by atoms with van der Waals surface area (Å²) in [6.45, 7) is 0. The van der Waals surface area contributed by atoms with Gasteiger partial charge >= 0.3 is 71.1 Å². The Labute approximate surface area is 117 Å². The quantitative estimate of drug-likeness (QED) is 0.389. The van der Waals surface area contributed by atoms with Crippen LogP contribution in [0.4, 0.5) is 0 Å². The summed E-state index contributed by atoms with van der Waals surface area (Å²) in [5, 5.41) is 24.6. The van der Waals surface area contributed by atoms with Crippen LogP contribution < -0.4 is 59.1 Å². The molecule has 0 aliphatic carbocycles. The molecule has 3 N–H and O–H groups in total. The van der Waals surface area contributed by atoms with Gasteiger partial charge < -0.3 is 18.2 Å². The fraction of sp³-hybridized carbons (Fsp3) is 0.600. The zero-order valence-corrected chi connectivity index (χ0v) is 11.1. The maximum absolute atomic E-state index is 9.87. The van der Waals surface area contributed by atoms with Crippen molar-refractivity contribution in [3.63, 3.8) is 0 Å². The van der Waals surface area contributed by atoms with E-state index in [0.29, 0.717) is 0 Å². The van der Waals surface area contributed by atoms with Crippen molar-refractivity contribution >= 4 is 11.9 Å². The summed E-state index contributed by atoms with van der Waals surface area (Å²) in [4.78, 5) is 19.7. The van der Waals surface area contributed by atoms with Crippen LogP contribution in [0.2, 0.25) is 0 Å². The van der Waals surface area contributed by atoms with Gasteiger partial charge in [-0.05, 0) is 6.42 Å². The SMILES string of the molecule is O=C(O)CCC(O)C(=O)O.[H-].[H-].[Na+].[Na+]. The Morgan fingerprint density at radius 3 is 1.92 bits per heavy atom. The van der Waals surface area contributed by atoms with Crippen LogP contribution in [-0.4, -0.2) is 33.4 Å². The van der Waals surface area contributed by atoms with Crippen LogP contribution in [0.1, 0.15) is 15.7 Å². The van der Waals surface area contributed by atoms with E-state index in [4.69, 9.17) is 15.3 Å². The van der Waals surface area contributed by atoms with Gasteiger partial charge in [-0.15, -0.1) is 0 Å². The van der Waals surface area contributed by atoms with Crippen molar-refractivity contribution in [2.75, 3.05) is 0 Å². The average molecular weight is 196 g/mol. The molecule has 0 rings (SSSR count). The van der Waals surface area contributed by atoms with Crippen LogP contribution in [0.25, 0.3) is 0 Å². The maximum atomic E-state index is 9.87.